The second kappa shape index (κ2) is 8.75. The highest BCUT2D eigenvalue weighted by molar-refractivity contribution is 8.22. The molecule has 0 fully saturated rings. The van der Waals surface area contributed by atoms with Crippen LogP contribution >= 0.6 is 58.3 Å². The Kier molecular flexibility index (Phi) is 6.99. The Morgan fingerprint density at radius 1 is 0.864 bits per heavy atom. The molecule has 0 spiro atoms. The topological polar surface area (TPSA) is 32.6 Å². The van der Waals surface area contributed by atoms with E-state index in [1.165, 1.54) is 29.7 Å². The number of hydrogen-bond donors (Lipinski definition) is 1. The first-order valence-corrected chi connectivity index (χ1v) is 8.79. The lowest BCUT2D eigenvalue weighted by molar-refractivity contribution is 0.322. The summed E-state index contributed by atoms with van der Waals surface area (Å²) >= 11 is 20.9. The fourth-order valence-corrected chi connectivity index (χ4v) is 3.99. The first-order chi connectivity index (χ1) is 10.6. The molecule has 0 radical (unpaired) electrons. The van der Waals surface area contributed by atoms with Crippen molar-refractivity contribution in [3.8, 4) is 0 Å². The van der Waals surface area contributed by atoms with Gasteiger partial charge in [-0.25, -0.2) is 0 Å². The lowest BCUT2D eigenvalue weighted by Crippen LogP contribution is -1.82. The summed E-state index contributed by atoms with van der Waals surface area (Å²) in [6.07, 6.45) is 1.20. The predicted octanol–water partition coefficient (Wildman–Crippen LogP) is 6.75. The predicted molar refractivity (Wildman–Crippen MR) is 97.8 cm³/mol. The quantitative estimate of drug-likeness (QED) is 0.265. The van der Waals surface area contributed by atoms with Crippen LogP contribution in [0.2, 0.25) is 10.0 Å². The molecule has 0 aliphatic carbocycles. The van der Waals surface area contributed by atoms with Crippen molar-refractivity contribution in [1.29, 1.82) is 0 Å². The normalized spacial score (nSPS) is 10.9. The van der Waals surface area contributed by atoms with Crippen LogP contribution in [0.1, 0.15) is 0 Å². The van der Waals surface area contributed by atoms with Gasteiger partial charge in [0.05, 0.1) is 15.5 Å². The number of nitrogens with zero attached hydrogens (tertiary/aromatic N) is 1. The number of allylic oxidation sites excluding steroid dienone is 1. The molecule has 0 unspecified atom stereocenters. The molecule has 0 saturated heterocycles. The molecule has 2 nitrogen and oxygen atoms in total. The molecular weight excluding hydrogens is 381 g/mol. The number of thioether (sulfide) groups is 2. The Morgan fingerprint density at radius 3 is 1.64 bits per heavy atom. The smallest absolute Gasteiger partial charge is 0.0864 e. The average Bonchev–Trinajstić information content (AvgIpc) is 2.51. The Balaban J connectivity index is 2.25. The molecule has 0 aliphatic rings. The van der Waals surface area contributed by atoms with Gasteiger partial charge >= 0.3 is 0 Å². The largest absolute Gasteiger partial charge is 0.411 e. The van der Waals surface area contributed by atoms with E-state index >= 15 is 0 Å². The molecule has 0 bridgehead atoms. The summed E-state index contributed by atoms with van der Waals surface area (Å²) in [5, 5.41) is 13.4. The van der Waals surface area contributed by atoms with E-state index in [-0.39, 0.29) is 0 Å². The van der Waals surface area contributed by atoms with E-state index in [1.807, 2.05) is 48.5 Å². The highest BCUT2D eigenvalue weighted by atomic mass is 35.5. The maximum Gasteiger partial charge on any atom is 0.0864 e. The Bertz CT molecular complexity index is 635. The summed E-state index contributed by atoms with van der Waals surface area (Å²) in [6.45, 7) is 0. The van der Waals surface area contributed by atoms with Crippen LogP contribution < -0.4 is 0 Å². The van der Waals surface area contributed by atoms with E-state index in [1.54, 1.807) is 0 Å². The maximum atomic E-state index is 8.69. The molecule has 0 atom stereocenters. The van der Waals surface area contributed by atoms with E-state index in [9.17, 15) is 0 Å². The minimum atomic E-state index is 0.349. The van der Waals surface area contributed by atoms with Gasteiger partial charge in [-0.05, 0) is 48.5 Å². The summed E-state index contributed by atoms with van der Waals surface area (Å²) in [4.78, 5) is 1.95. The van der Waals surface area contributed by atoms with Gasteiger partial charge in [0, 0.05) is 19.8 Å². The van der Waals surface area contributed by atoms with Crippen LogP contribution in [0, 0.1) is 0 Å². The van der Waals surface area contributed by atoms with Crippen LogP contribution in [0.15, 0.2) is 72.7 Å². The minimum absolute atomic E-state index is 0.349. The van der Waals surface area contributed by atoms with Crippen molar-refractivity contribution in [1.82, 2.24) is 0 Å². The molecule has 1 N–H and O–H groups in total. The van der Waals surface area contributed by atoms with Gasteiger partial charge in [-0.3, -0.25) is 0 Å². The molecular formula is C15H10Cl3NOS2. The molecule has 0 saturated carbocycles. The second-order valence-electron chi connectivity index (χ2n) is 3.99. The third-order valence-corrected chi connectivity index (χ3v) is 5.76. The molecule has 114 valence electrons. The summed E-state index contributed by atoms with van der Waals surface area (Å²) in [5.41, 5.74) is 0. The molecule has 2 rings (SSSR count). The lowest BCUT2D eigenvalue weighted by atomic mass is 10.4. The van der Waals surface area contributed by atoms with E-state index in [0.29, 0.717) is 15.1 Å². The molecule has 7 heteroatoms. The standard InChI is InChI=1S/C15H10Cl3NOS2/c16-10-1-5-12(6-2-10)21-15(14(18)9-19-20)22-13-7-3-11(17)4-8-13/h1-9,20H/b19-9-. The zero-order chi connectivity index (χ0) is 15.9. The highest BCUT2D eigenvalue weighted by Crippen LogP contribution is 2.42. The summed E-state index contributed by atoms with van der Waals surface area (Å²) in [6, 6.07) is 14.8. The third-order valence-electron chi connectivity index (χ3n) is 2.41. The van der Waals surface area contributed by atoms with Crippen LogP contribution in [0.25, 0.3) is 0 Å². The number of benzene rings is 2. The average molecular weight is 391 g/mol. The Labute approximate surface area is 152 Å². The van der Waals surface area contributed by atoms with Gasteiger partial charge in [0.2, 0.25) is 0 Å². The summed E-state index contributed by atoms with van der Waals surface area (Å²) in [5.74, 6) is 0. The van der Waals surface area contributed by atoms with E-state index < -0.39 is 0 Å². The minimum Gasteiger partial charge on any atom is -0.411 e. The molecule has 22 heavy (non-hydrogen) atoms. The van der Waals surface area contributed by atoms with Crippen molar-refractivity contribution in [3.05, 3.63) is 67.8 Å². The van der Waals surface area contributed by atoms with Crippen LogP contribution in [0.5, 0.6) is 0 Å². The second-order valence-corrected chi connectivity index (χ2v) is 7.70. The first kappa shape index (κ1) is 17.6. The van der Waals surface area contributed by atoms with Crippen molar-refractivity contribution in [2.75, 3.05) is 0 Å². The maximum absolute atomic E-state index is 8.69. The molecule has 2 aromatic carbocycles. The number of rotatable bonds is 5. The molecule has 2 aromatic rings. The van der Waals surface area contributed by atoms with E-state index in [0.717, 1.165) is 14.0 Å². The van der Waals surface area contributed by atoms with Crippen molar-refractivity contribution < 1.29 is 5.21 Å². The zero-order valence-electron chi connectivity index (χ0n) is 11.0. The van der Waals surface area contributed by atoms with Crippen molar-refractivity contribution >= 4 is 64.5 Å². The van der Waals surface area contributed by atoms with E-state index in [2.05, 4.69) is 5.16 Å². The van der Waals surface area contributed by atoms with Crippen molar-refractivity contribution in [2.24, 2.45) is 5.16 Å². The zero-order valence-corrected chi connectivity index (χ0v) is 14.9. The highest BCUT2D eigenvalue weighted by Gasteiger charge is 2.09. The van der Waals surface area contributed by atoms with Gasteiger partial charge in [0.25, 0.3) is 0 Å². The van der Waals surface area contributed by atoms with E-state index in [4.69, 9.17) is 40.0 Å². The van der Waals surface area contributed by atoms with Gasteiger partial charge in [-0.2, -0.15) is 0 Å². The molecule has 0 amide bonds. The van der Waals surface area contributed by atoms with Gasteiger partial charge in [-0.15, -0.1) is 0 Å². The summed E-state index contributed by atoms with van der Waals surface area (Å²) in [7, 11) is 0. The first-order valence-electron chi connectivity index (χ1n) is 6.02. The van der Waals surface area contributed by atoms with Gasteiger partial charge in [0.15, 0.2) is 0 Å². The fraction of sp³-hybridized carbons (Fsp3) is 0. The third kappa shape index (κ3) is 5.45. The van der Waals surface area contributed by atoms with Crippen LogP contribution in [-0.4, -0.2) is 11.4 Å². The van der Waals surface area contributed by atoms with Crippen molar-refractivity contribution in [2.45, 2.75) is 9.79 Å². The number of halogens is 3. The molecule has 0 aliphatic heterocycles. The Morgan fingerprint density at radius 2 is 1.27 bits per heavy atom. The molecule has 0 aromatic heterocycles. The van der Waals surface area contributed by atoms with Crippen molar-refractivity contribution in [3.63, 3.8) is 0 Å². The number of hydrogen-bond acceptors (Lipinski definition) is 4. The number of oxime groups is 1. The monoisotopic (exact) mass is 389 g/mol. The van der Waals surface area contributed by atoms with Crippen LogP contribution in [0.4, 0.5) is 0 Å². The van der Waals surface area contributed by atoms with Crippen LogP contribution in [-0.2, 0) is 0 Å². The van der Waals surface area contributed by atoms with Gasteiger partial charge in [-0.1, -0.05) is 63.5 Å². The van der Waals surface area contributed by atoms with Gasteiger partial charge in [0.1, 0.15) is 0 Å². The van der Waals surface area contributed by atoms with Crippen LogP contribution in [0.3, 0.4) is 0 Å². The Hall–Kier alpha value is -0.780. The lowest BCUT2D eigenvalue weighted by Gasteiger charge is -2.08. The summed E-state index contributed by atoms with van der Waals surface area (Å²) < 4.78 is 0.782. The fourth-order valence-electron chi connectivity index (χ4n) is 1.44. The molecule has 0 heterocycles. The van der Waals surface area contributed by atoms with Gasteiger partial charge < -0.3 is 5.21 Å². The SMILES string of the molecule is O/N=C\C(Cl)=C(Sc1ccc(Cl)cc1)Sc1ccc(Cl)cc1.